The van der Waals surface area contributed by atoms with Gasteiger partial charge >= 0.3 is 5.97 Å². The third-order valence-corrected chi connectivity index (χ3v) is 6.33. The minimum absolute atomic E-state index is 0.0225. The van der Waals surface area contributed by atoms with E-state index in [0.29, 0.717) is 25.2 Å². The molecule has 2 fully saturated rings. The van der Waals surface area contributed by atoms with E-state index < -0.39 is 12.0 Å². The molecule has 1 aliphatic heterocycles. The largest absolute Gasteiger partial charge is 0.478 e. The normalized spacial score (nSPS) is 22.2. The molecule has 8 heteroatoms. The summed E-state index contributed by atoms with van der Waals surface area (Å²) in [5.41, 5.74) is 1.60. The number of rotatable bonds is 7. The van der Waals surface area contributed by atoms with Gasteiger partial charge in [0.1, 0.15) is 5.82 Å². The summed E-state index contributed by atoms with van der Waals surface area (Å²) in [5.74, 6) is -1.26. The van der Waals surface area contributed by atoms with Gasteiger partial charge in [0.15, 0.2) is 5.78 Å². The first-order valence-electron chi connectivity index (χ1n) is 10.1. The van der Waals surface area contributed by atoms with E-state index in [9.17, 15) is 14.0 Å². The van der Waals surface area contributed by atoms with E-state index in [1.807, 2.05) is 11.0 Å². The summed E-state index contributed by atoms with van der Waals surface area (Å²) in [6.45, 7) is 1.58. The first-order valence-corrected chi connectivity index (χ1v) is 10.6. The number of aromatic carboxylic acids is 1. The number of nitrogens with zero attached hydrogens (tertiary/aromatic N) is 3. The maximum absolute atomic E-state index is 14.6. The highest BCUT2D eigenvalue weighted by Gasteiger charge is 2.40. The lowest BCUT2D eigenvalue weighted by atomic mass is 9.93. The molecule has 158 valence electrons. The van der Waals surface area contributed by atoms with Crippen molar-refractivity contribution in [2.24, 2.45) is 5.92 Å². The summed E-state index contributed by atoms with van der Waals surface area (Å²) >= 11 is 4.68. The molecular formula is C22H24FN3O3S. The standard InChI is InChI=1S/C22H24FN3O3S/c23-18-4-2-1-3-17(18)20(21(27)14-5-6-14)25-9-8-19(30)15(12-25)7-10-26-13-16(11-24-26)22(28)29/h1-4,7,11,13-14,19-20,30H,5-6,8-10,12H2,(H,28,29)/b15-7-. The highest BCUT2D eigenvalue weighted by Crippen LogP contribution is 2.39. The molecule has 1 aromatic heterocycles. The number of benzene rings is 1. The van der Waals surface area contributed by atoms with Crippen LogP contribution >= 0.6 is 12.6 Å². The van der Waals surface area contributed by atoms with Gasteiger partial charge in [-0.25, -0.2) is 9.18 Å². The van der Waals surface area contributed by atoms with E-state index in [-0.39, 0.29) is 28.3 Å². The van der Waals surface area contributed by atoms with E-state index in [2.05, 4.69) is 17.7 Å². The van der Waals surface area contributed by atoms with Crippen molar-refractivity contribution in [2.45, 2.75) is 37.1 Å². The number of thiol groups is 1. The molecule has 1 N–H and O–H groups in total. The minimum Gasteiger partial charge on any atom is -0.478 e. The van der Waals surface area contributed by atoms with Crippen LogP contribution in [-0.4, -0.2) is 49.9 Å². The van der Waals surface area contributed by atoms with E-state index in [4.69, 9.17) is 5.11 Å². The number of halogens is 1. The predicted molar refractivity (Wildman–Crippen MR) is 113 cm³/mol. The monoisotopic (exact) mass is 429 g/mol. The molecular weight excluding hydrogens is 405 g/mol. The highest BCUT2D eigenvalue weighted by atomic mass is 32.1. The first kappa shape index (κ1) is 20.8. The molecule has 6 nitrogen and oxygen atoms in total. The van der Waals surface area contributed by atoms with Crippen molar-refractivity contribution in [1.82, 2.24) is 14.7 Å². The first-order chi connectivity index (χ1) is 14.4. The lowest BCUT2D eigenvalue weighted by molar-refractivity contribution is -0.126. The van der Waals surface area contributed by atoms with Crippen LogP contribution in [0.4, 0.5) is 4.39 Å². The number of piperidine rings is 1. The Labute approximate surface area is 179 Å². The molecule has 2 atom stereocenters. The van der Waals surface area contributed by atoms with Crippen LogP contribution in [0.15, 0.2) is 48.3 Å². The molecule has 1 saturated heterocycles. The van der Waals surface area contributed by atoms with Crippen molar-refractivity contribution >= 4 is 24.4 Å². The Bertz CT molecular complexity index is 986. The zero-order valence-electron chi connectivity index (χ0n) is 16.4. The number of Topliss-reactive ketones (excluding diaryl/α,β-unsaturated/α-hetero) is 1. The third-order valence-electron chi connectivity index (χ3n) is 5.74. The van der Waals surface area contributed by atoms with Crippen LogP contribution in [0.3, 0.4) is 0 Å². The number of hydrogen-bond acceptors (Lipinski definition) is 5. The van der Waals surface area contributed by atoms with E-state index in [1.165, 1.54) is 18.5 Å². The molecule has 0 amide bonds. The number of allylic oxidation sites excluding steroid dienone is 1. The molecule has 2 heterocycles. The van der Waals surface area contributed by atoms with Crippen LogP contribution in [-0.2, 0) is 11.3 Å². The van der Waals surface area contributed by atoms with Gasteiger partial charge in [0.05, 0.1) is 24.3 Å². The summed E-state index contributed by atoms with van der Waals surface area (Å²) in [5, 5.41) is 13.1. The molecule has 1 aliphatic carbocycles. The van der Waals surface area contributed by atoms with E-state index in [0.717, 1.165) is 24.8 Å². The highest BCUT2D eigenvalue weighted by molar-refractivity contribution is 7.81. The quantitative estimate of drug-likeness (QED) is 0.521. The van der Waals surface area contributed by atoms with Crippen molar-refractivity contribution < 1.29 is 19.1 Å². The van der Waals surface area contributed by atoms with Gasteiger partial charge in [-0.3, -0.25) is 14.4 Å². The Hall–Kier alpha value is -2.45. The van der Waals surface area contributed by atoms with Crippen molar-refractivity contribution in [2.75, 3.05) is 13.1 Å². The summed E-state index contributed by atoms with van der Waals surface area (Å²) in [6, 6.07) is 5.92. The van der Waals surface area contributed by atoms with Gasteiger partial charge in [-0.1, -0.05) is 24.3 Å². The average Bonchev–Trinajstić information content (AvgIpc) is 3.47. The van der Waals surface area contributed by atoms with Crippen molar-refractivity contribution in [3.05, 3.63) is 65.3 Å². The number of carboxylic acid groups (broad SMARTS) is 1. The predicted octanol–water partition coefficient (Wildman–Crippen LogP) is 3.37. The number of ketones is 1. The second-order valence-electron chi connectivity index (χ2n) is 7.91. The fourth-order valence-corrected chi connectivity index (χ4v) is 4.22. The van der Waals surface area contributed by atoms with Crippen molar-refractivity contribution in [3.63, 3.8) is 0 Å². The lowest BCUT2D eigenvalue weighted by Gasteiger charge is -2.37. The fraction of sp³-hybridized carbons (Fsp3) is 0.409. The topological polar surface area (TPSA) is 75.4 Å². The second kappa shape index (κ2) is 8.73. The van der Waals surface area contributed by atoms with Gasteiger partial charge in [0, 0.05) is 36.0 Å². The van der Waals surface area contributed by atoms with Crippen LogP contribution in [0.2, 0.25) is 0 Å². The molecule has 2 aliphatic rings. The number of hydrogen-bond donors (Lipinski definition) is 2. The van der Waals surface area contributed by atoms with Crippen LogP contribution in [0, 0.1) is 11.7 Å². The average molecular weight is 430 g/mol. The molecule has 0 spiro atoms. The Kier molecular flexibility index (Phi) is 6.06. The van der Waals surface area contributed by atoms with Gasteiger partial charge in [0.25, 0.3) is 0 Å². The Balaban J connectivity index is 1.55. The number of carboxylic acids is 1. The minimum atomic E-state index is -1.02. The molecule has 0 radical (unpaired) electrons. The zero-order valence-corrected chi connectivity index (χ0v) is 17.3. The molecule has 1 saturated carbocycles. The lowest BCUT2D eigenvalue weighted by Crippen LogP contribution is -2.42. The van der Waals surface area contributed by atoms with Crippen LogP contribution in [0.25, 0.3) is 0 Å². The van der Waals surface area contributed by atoms with Crippen LogP contribution in [0.1, 0.15) is 41.2 Å². The van der Waals surface area contributed by atoms with Crippen LogP contribution in [0.5, 0.6) is 0 Å². The Morgan fingerprint density at radius 1 is 1.30 bits per heavy atom. The van der Waals surface area contributed by atoms with E-state index in [1.54, 1.807) is 22.9 Å². The Morgan fingerprint density at radius 3 is 2.73 bits per heavy atom. The third kappa shape index (κ3) is 4.49. The van der Waals surface area contributed by atoms with Gasteiger partial charge in [-0.15, -0.1) is 0 Å². The van der Waals surface area contributed by atoms with Gasteiger partial charge < -0.3 is 5.11 Å². The van der Waals surface area contributed by atoms with Crippen LogP contribution < -0.4 is 0 Å². The maximum Gasteiger partial charge on any atom is 0.338 e. The number of carbonyl (C=O) groups excluding carboxylic acids is 1. The summed E-state index contributed by atoms with van der Waals surface area (Å²) in [6.07, 6.45) is 7.27. The smallest absolute Gasteiger partial charge is 0.338 e. The number of carbonyl (C=O) groups is 2. The fourth-order valence-electron chi connectivity index (χ4n) is 3.92. The van der Waals surface area contributed by atoms with Gasteiger partial charge in [-0.2, -0.15) is 17.7 Å². The van der Waals surface area contributed by atoms with Gasteiger partial charge in [0.2, 0.25) is 0 Å². The van der Waals surface area contributed by atoms with E-state index >= 15 is 0 Å². The summed E-state index contributed by atoms with van der Waals surface area (Å²) in [4.78, 5) is 26.1. The second-order valence-corrected chi connectivity index (χ2v) is 8.53. The summed E-state index contributed by atoms with van der Waals surface area (Å²) < 4.78 is 16.1. The zero-order chi connectivity index (χ0) is 21.3. The summed E-state index contributed by atoms with van der Waals surface area (Å²) in [7, 11) is 0. The molecule has 2 unspecified atom stereocenters. The molecule has 30 heavy (non-hydrogen) atoms. The Morgan fingerprint density at radius 2 is 2.07 bits per heavy atom. The number of likely N-dealkylation sites (tertiary alicyclic amines) is 1. The van der Waals surface area contributed by atoms with Crippen molar-refractivity contribution in [3.8, 4) is 0 Å². The van der Waals surface area contributed by atoms with Crippen molar-refractivity contribution in [1.29, 1.82) is 0 Å². The SMILES string of the molecule is O=C(O)c1cnn(C/C=C2/CN(C(C(=O)C3CC3)c3ccccc3F)CCC2S)c1. The molecule has 4 rings (SSSR count). The van der Waals surface area contributed by atoms with Gasteiger partial charge in [-0.05, 0) is 30.9 Å². The number of aromatic nitrogens is 2. The molecule has 2 aromatic rings. The molecule has 1 aromatic carbocycles. The molecule has 0 bridgehead atoms. The maximum atomic E-state index is 14.6.